The normalized spacial score (nSPS) is 12.1. The zero-order valence-corrected chi connectivity index (χ0v) is 16.3. The van der Waals surface area contributed by atoms with E-state index in [0.29, 0.717) is 29.4 Å². The molecule has 2 heterocycles. The van der Waals surface area contributed by atoms with Gasteiger partial charge in [0.25, 0.3) is 0 Å². The number of hydrogen-bond donors (Lipinski definition) is 1. The van der Waals surface area contributed by atoms with E-state index in [1.165, 1.54) is 0 Å². The van der Waals surface area contributed by atoms with Gasteiger partial charge in [-0.15, -0.1) is 0 Å². The Morgan fingerprint density at radius 2 is 1.96 bits per heavy atom. The number of aryl methyl sites for hydroxylation is 2. The quantitative estimate of drug-likeness (QED) is 0.593. The first-order valence-electron chi connectivity index (χ1n) is 9.32. The lowest BCUT2D eigenvalue weighted by atomic mass is 9.89. The van der Waals surface area contributed by atoms with Crippen molar-refractivity contribution in [3.63, 3.8) is 0 Å². The Morgan fingerprint density at radius 1 is 1.18 bits per heavy atom. The molecule has 0 radical (unpaired) electrons. The number of ketones is 1. The smallest absolute Gasteiger partial charge is 0.303 e. The van der Waals surface area contributed by atoms with E-state index in [4.69, 9.17) is 4.74 Å². The summed E-state index contributed by atoms with van der Waals surface area (Å²) in [5.41, 5.74) is 3.57. The number of benzene rings is 1. The lowest BCUT2D eigenvalue weighted by Crippen LogP contribution is -2.14. The first kappa shape index (κ1) is 19.6. The number of aliphatic carboxylic acids is 1. The number of ether oxygens (including phenoxy) is 1. The summed E-state index contributed by atoms with van der Waals surface area (Å²) < 4.78 is 7.34. The molecule has 146 valence electrons. The van der Waals surface area contributed by atoms with E-state index >= 15 is 0 Å². The number of fused-ring (bicyclic) bond motifs is 1. The molecule has 0 aliphatic carbocycles. The SMILES string of the molecule is CCOc1cccn2c(C(=O)CC(CC(=O)O)c3cccc(C)c3)c(C)nc12. The average molecular weight is 380 g/mol. The molecule has 3 aromatic rings. The number of carboxylic acids is 1. The lowest BCUT2D eigenvalue weighted by molar-refractivity contribution is -0.137. The molecule has 6 nitrogen and oxygen atoms in total. The molecule has 1 unspecified atom stereocenters. The lowest BCUT2D eigenvalue weighted by Gasteiger charge is -2.15. The highest BCUT2D eigenvalue weighted by Gasteiger charge is 2.24. The second-order valence-corrected chi connectivity index (χ2v) is 6.88. The van der Waals surface area contributed by atoms with E-state index in [1.54, 1.807) is 17.5 Å². The molecule has 0 aliphatic rings. The molecule has 1 aromatic carbocycles. The predicted octanol–water partition coefficient (Wildman–Crippen LogP) is 4.18. The van der Waals surface area contributed by atoms with Gasteiger partial charge in [0, 0.05) is 18.5 Å². The predicted molar refractivity (Wildman–Crippen MR) is 106 cm³/mol. The van der Waals surface area contributed by atoms with E-state index in [9.17, 15) is 14.7 Å². The highest BCUT2D eigenvalue weighted by Crippen LogP contribution is 2.29. The number of carbonyl (C=O) groups is 2. The first-order chi connectivity index (χ1) is 13.4. The fourth-order valence-corrected chi connectivity index (χ4v) is 3.52. The number of rotatable bonds is 8. The molecule has 0 aliphatic heterocycles. The van der Waals surface area contributed by atoms with Gasteiger partial charge in [-0.05, 0) is 38.5 Å². The maximum Gasteiger partial charge on any atom is 0.303 e. The molecule has 1 atom stereocenters. The minimum absolute atomic E-state index is 0.100. The van der Waals surface area contributed by atoms with Crippen LogP contribution in [0.25, 0.3) is 5.65 Å². The molecule has 28 heavy (non-hydrogen) atoms. The summed E-state index contributed by atoms with van der Waals surface area (Å²) in [5.74, 6) is -0.836. The van der Waals surface area contributed by atoms with Crippen LogP contribution in [-0.2, 0) is 4.79 Å². The van der Waals surface area contributed by atoms with Gasteiger partial charge in [-0.2, -0.15) is 0 Å². The number of pyridine rings is 1. The zero-order valence-electron chi connectivity index (χ0n) is 16.3. The highest BCUT2D eigenvalue weighted by atomic mass is 16.5. The van der Waals surface area contributed by atoms with Gasteiger partial charge in [-0.3, -0.25) is 14.0 Å². The zero-order chi connectivity index (χ0) is 20.3. The van der Waals surface area contributed by atoms with Crippen LogP contribution in [0.4, 0.5) is 0 Å². The van der Waals surface area contributed by atoms with Crippen LogP contribution in [0, 0.1) is 13.8 Å². The van der Waals surface area contributed by atoms with Crippen molar-refractivity contribution < 1.29 is 19.4 Å². The van der Waals surface area contributed by atoms with Crippen molar-refractivity contribution in [2.75, 3.05) is 6.61 Å². The van der Waals surface area contributed by atoms with Gasteiger partial charge in [-0.25, -0.2) is 4.98 Å². The van der Waals surface area contributed by atoms with Crippen LogP contribution in [-0.4, -0.2) is 32.9 Å². The van der Waals surface area contributed by atoms with Crippen molar-refractivity contribution in [1.29, 1.82) is 0 Å². The summed E-state index contributed by atoms with van der Waals surface area (Å²) in [6.07, 6.45) is 1.78. The molecule has 0 amide bonds. The molecule has 1 N–H and O–H groups in total. The molecule has 6 heteroatoms. The molecule has 0 saturated carbocycles. The number of imidazole rings is 1. The third-order valence-electron chi connectivity index (χ3n) is 4.72. The maximum atomic E-state index is 13.2. The van der Waals surface area contributed by atoms with Crippen molar-refractivity contribution in [2.24, 2.45) is 0 Å². The van der Waals surface area contributed by atoms with Crippen molar-refractivity contribution in [1.82, 2.24) is 9.38 Å². The number of carboxylic acid groups (broad SMARTS) is 1. The average Bonchev–Trinajstić information content (AvgIpc) is 2.98. The number of hydrogen-bond acceptors (Lipinski definition) is 4. The van der Waals surface area contributed by atoms with Crippen molar-refractivity contribution in [3.8, 4) is 5.75 Å². The Kier molecular flexibility index (Phi) is 5.78. The Labute approximate surface area is 163 Å². The standard InChI is InChI=1S/C22H24N2O4/c1-4-28-19-9-6-10-24-21(15(3)23-22(19)24)18(25)12-17(13-20(26)27)16-8-5-7-14(2)11-16/h5-11,17H,4,12-13H2,1-3H3,(H,26,27). The van der Waals surface area contributed by atoms with Gasteiger partial charge < -0.3 is 9.84 Å². The topological polar surface area (TPSA) is 80.9 Å². The second kappa shape index (κ2) is 8.25. The molecular weight excluding hydrogens is 356 g/mol. The summed E-state index contributed by atoms with van der Waals surface area (Å²) in [6.45, 7) is 6.13. The Hall–Kier alpha value is -3.15. The number of aromatic nitrogens is 2. The third-order valence-corrected chi connectivity index (χ3v) is 4.72. The molecule has 3 rings (SSSR count). The van der Waals surface area contributed by atoms with E-state index < -0.39 is 11.9 Å². The van der Waals surface area contributed by atoms with Gasteiger partial charge in [0.15, 0.2) is 17.2 Å². The van der Waals surface area contributed by atoms with Gasteiger partial charge in [0.2, 0.25) is 0 Å². The number of Topliss-reactive ketones (excluding diaryl/α,β-unsaturated/α-hetero) is 1. The maximum absolute atomic E-state index is 13.2. The second-order valence-electron chi connectivity index (χ2n) is 6.88. The summed E-state index contributed by atoms with van der Waals surface area (Å²) in [7, 11) is 0. The van der Waals surface area contributed by atoms with Crippen LogP contribution in [0.2, 0.25) is 0 Å². The van der Waals surface area contributed by atoms with Gasteiger partial charge in [0.05, 0.1) is 18.7 Å². The third kappa shape index (κ3) is 4.06. The molecule has 2 aromatic heterocycles. The number of carbonyl (C=O) groups excluding carboxylic acids is 1. The van der Waals surface area contributed by atoms with Gasteiger partial charge in [-0.1, -0.05) is 29.8 Å². The van der Waals surface area contributed by atoms with Crippen LogP contribution < -0.4 is 4.74 Å². The minimum atomic E-state index is -0.923. The molecule has 0 spiro atoms. The Morgan fingerprint density at radius 3 is 2.64 bits per heavy atom. The molecule has 0 fully saturated rings. The Balaban J connectivity index is 1.97. The highest BCUT2D eigenvalue weighted by molar-refractivity contribution is 5.97. The van der Waals surface area contributed by atoms with Crippen LogP contribution in [0.3, 0.4) is 0 Å². The number of nitrogens with zero attached hydrogens (tertiary/aromatic N) is 2. The molecule has 0 saturated heterocycles. The van der Waals surface area contributed by atoms with Crippen molar-refractivity contribution >= 4 is 17.4 Å². The van der Waals surface area contributed by atoms with Crippen LogP contribution in [0.1, 0.15) is 53.0 Å². The van der Waals surface area contributed by atoms with Crippen LogP contribution in [0.5, 0.6) is 5.75 Å². The molecule has 0 bridgehead atoms. The Bertz CT molecular complexity index is 1020. The summed E-state index contributed by atoms with van der Waals surface area (Å²) >= 11 is 0. The van der Waals surface area contributed by atoms with Crippen molar-refractivity contribution in [2.45, 2.75) is 39.5 Å². The summed E-state index contributed by atoms with van der Waals surface area (Å²) in [4.78, 5) is 29.1. The fourth-order valence-electron chi connectivity index (χ4n) is 3.52. The molecular formula is C22H24N2O4. The largest absolute Gasteiger partial charge is 0.490 e. The fraction of sp³-hybridized carbons (Fsp3) is 0.318. The first-order valence-corrected chi connectivity index (χ1v) is 9.32. The van der Waals surface area contributed by atoms with E-state index in [0.717, 1.165) is 11.1 Å². The van der Waals surface area contributed by atoms with Crippen molar-refractivity contribution in [3.05, 3.63) is 65.1 Å². The minimum Gasteiger partial charge on any atom is -0.490 e. The van der Waals surface area contributed by atoms with E-state index in [2.05, 4.69) is 4.98 Å². The van der Waals surface area contributed by atoms with Gasteiger partial charge >= 0.3 is 5.97 Å². The summed E-state index contributed by atoms with van der Waals surface area (Å²) in [5, 5.41) is 9.33. The van der Waals surface area contributed by atoms with Gasteiger partial charge in [0.1, 0.15) is 5.69 Å². The monoisotopic (exact) mass is 380 g/mol. The van der Waals surface area contributed by atoms with E-state index in [-0.39, 0.29) is 18.6 Å². The van der Waals surface area contributed by atoms with Crippen LogP contribution in [0.15, 0.2) is 42.6 Å². The van der Waals surface area contributed by atoms with E-state index in [1.807, 2.05) is 50.2 Å². The van der Waals surface area contributed by atoms with Crippen LogP contribution >= 0.6 is 0 Å². The summed E-state index contributed by atoms with van der Waals surface area (Å²) in [6, 6.07) is 11.3.